The average molecular weight is 249 g/mol. The van der Waals surface area contributed by atoms with Crippen molar-refractivity contribution in [2.24, 2.45) is 15.2 Å². The number of rotatable bonds is 3. The summed E-state index contributed by atoms with van der Waals surface area (Å²) in [4.78, 5) is 5.92. The van der Waals surface area contributed by atoms with Crippen molar-refractivity contribution >= 4 is 33.9 Å². The molecule has 0 radical (unpaired) electrons. The minimum absolute atomic E-state index is 0.469. The van der Waals surface area contributed by atoms with Crippen LogP contribution < -0.4 is 4.90 Å². The van der Waals surface area contributed by atoms with Gasteiger partial charge in [-0.2, -0.15) is 0 Å². The Morgan fingerprint density at radius 2 is 1.94 bits per heavy atom. The van der Waals surface area contributed by atoms with Gasteiger partial charge in [0.05, 0.1) is 11.2 Å². The van der Waals surface area contributed by atoms with E-state index in [0.29, 0.717) is 5.17 Å². The molecule has 0 atom stereocenters. The van der Waals surface area contributed by atoms with Crippen molar-refractivity contribution in [2.75, 3.05) is 26.0 Å². The highest BCUT2D eigenvalue weighted by Crippen LogP contribution is 2.18. The first-order valence-electron chi connectivity index (χ1n) is 4.99. The predicted octanol–water partition coefficient (Wildman–Crippen LogP) is 3.16. The van der Waals surface area contributed by atoms with Crippen LogP contribution in [0.15, 0.2) is 39.5 Å². The van der Waals surface area contributed by atoms with Crippen LogP contribution >= 0.6 is 11.8 Å². The summed E-state index contributed by atoms with van der Waals surface area (Å²) in [6.07, 6.45) is 0. The number of anilines is 1. The Balaban J connectivity index is 2.75. The van der Waals surface area contributed by atoms with E-state index in [4.69, 9.17) is 5.41 Å². The lowest BCUT2D eigenvalue weighted by Gasteiger charge is -2.11. The van der Waals surface area contributed by atoms with Crippen LogP contribution in [-0.4, -0.2) is 31.9 Å². The summed E-state index contributed by atoms with van der Waals surface area (Å²) in [6.45, 7) is 0. The van der Waals surface area contributed by atoms with Crippen molar-refractivity contribution in [1.82, 2.24) is 0 Å². The normalized spacial score (nSPS) is 11.8. The zero-order valence-electron chi connectivity index (χ0n) is 10.1. The van der Waals surface area contributed by atoms with Gasteiger partial charge in [0.2, 0.25) is 5.17 Å². The molecule has 0 heterocycles. The Morgan fingerprint density at radius 3 is 2.41 bits per heavy atom. The Kier molecular flexibility index (Phi) is 5.35. The number of thioether (sulfide) groups is 1. The lowest BCUT2D eigenvalue weighted by molar-refractivity contribution is 1.13. The zero-order chi connectivity index (χ0) is 12.7. The number of amidine groups is 1. The lowest BCUT2D eigenvalue weighted by atomic mass is 10.3. The van der Waals surface area contributed by atoms with Gasteiger partial charge in [-0.05, 0) is 36.0 Å². The fourth-order valence-electron chi connectivity index (χ4n) is 1.09. The predicted molar refractivity (Wildman–Crippen MR) is 75.0 cm³/mol. The molecular weight excluding hydrogens is 234 g/mol. The van der Waals surface area contributed by atoms with Crippen molar-refractivity contribution in [3.05, 3.63) is 24.3 Å². The van der Waals surface area contributed by atoms with Gasteiger partial charge in [-0.25, -0.2) is 0 Å². The first-order valence-corrected chi connectivity index (χ1v) is 5.87. The highest BCUT2D eigenvalue weighted by molar-refractivity contribution is 8.24. The van der Waals surface area contributed by atoms with Gasteiger partial charge in [0.25, 0.3) is 0 Å². The van der Waals surface area contributed by atoms with E-state index in [1.165, 1.54) is 5.55 Å². The fourth-order valence-corrected chi connectivity index (χ4v) is 1.39. The molecular formula is C11H15N5S. The summed E-state index contributed by atoms with van der Waals surface area (Å²) >= 11 is 1.13. The number of hydrogen-bond acceptors (Lipinski definition) is 5. The maximum atomic E-state index is 6.94. The number of benzene rings is 1. The highest BCUT2D eigenvalue weighted by atomic mass is 32.2. The Morgan fingerprint density at radius 1 is 1.29 bits per heavy atom. The van der Waals surface area contributed by atoms with Crippen molar-refractivity contribution < 1.29 is 0 Å². The van der Waals surface area contributed by atoms with Crippen LogP contribution in [0.3, 0.4) is 0 Å². The van der Waals surface area contributed by atoms with Gasteiger partial charge in [0.1, 0.15) is 0 Å². The molecule has 0 saturated carbocycles. The summed E-state index contributed by atoms with van der Waals surface area (Å²) < 4.78 is 0. The van der Waals surface area contributed by atoms with Crippen molar-refractivity contribution in [2.45, 2.75) is 0 Å². The van der Waals surface area contributed by atoms with E-state index in [2.05, 4.69) is 15.2 Å². The largest absolute Gasteiger partial charge is 0.378 e. The van der Waals surface area contributed by atoms with E-state index in [1.54, 1.807) is 7.05 Å². The highest BCUT2D eigenvalue weighted by Gasteiger charge is 1.96. The molecule has 1 rings (SSSR count). The molecule has 0 saturated heterocycles. The minimum Gasteiger partial charge on any atom is -0.378 e. The lowest BCUT2D eigenvalue weighted by Crippen LogP contribution is -2.07. The summed E-state index contributed by atoms with van der Waals surface area (Å²) in [7, 11) is 5.60. The summed E-state index contributed by atoms with van der Waals surface area (Å²) in [5.41, 5.74) is 3.06. The number of nitrogens with zero attached hydrogens (tertiary/aromatic N) is 4. The first-order chi connectivity index (χ1) is 8.17. The molecule has 0 aromatic heterocycles. The van der Waals surface area contributed by atoms with Gasteiger partial charge in [-0.15, -0.1) is 10.2 Å². The summed E-state index contributed by atoms with van der Waals surface area (Å²) in [6, 6.07) is 7.73. The molecule has 0 aliphatic heterocycles. The SMILES string of the molecule is CN=C(N=Nc1ccc(N(C)C)cc1)SC=N. The fraction of sp³-hybridized carbons (Fsp3) is 0.273. The van der Waals surface area contributed by atoms with Crippen LogP contribution in [0.25, 0.3) is 0 Å². The van der Waals surface area contributed by atoms with Crippen LogP contribution in [0.4, 0.5) is 11.4 Å². The first kappa shape index (κ1) is 13.4. The molecule has 0 fully saturated rings. The van der Waals surface area contributed by atoms with Crippen LogP contribution in [0.5, 0.6) is 0 Å². The second kappa shape index (κ2) is 6.80. The molecule has 1 N–H and O–H groups in total. The smallest absolute Gasteiger partial charge is 0.209 e. The van der Waals surface area contributed by atoms with Crippen LogP contribution in [0.1, 0.15) is 0 Å². The maximum Gasteiger partial charge on any atom is 0.209 e. The van der Waals surface area contributed by atoms with Gasteiger partial charge in [-0.1, -0.05) is 0 Å². The second-order valence-electron chi connectivity index (χ2n) is 3.35. The number of aliphatic imine (C=N–C) groups is 1. The maximum absolute atomic E-state index is 6.94. The van der Waals surface area contributed by atoms with Gasteiger partial charge in [-0.3, -0.25) is 4.99 Å². The Bertz CT molecular complexity index is 422. The summed E-state index contributed by atoms with van der Waals surface area (Å²) in [5.74, 6) is 0. The van der Waals surface area contributed by atoms with Crippen molar-refractivity contribution in [3.8, 4) is 0 Å². The monoisotopic (exact) mass is 249 g/mol. The minimum atomic E-state index is 0.469. The van der Waals surface area contributed by atoms with Crippen molar-refractivity contribution in [1.29, 1.82) is 5.41 Å². The van der Waals surface area contributed by atoms with Gasteiger partial charge in [0.15, 0.2) is 0 Å². The van der Waals surface area contributed by atoms with Gasteiger partial charge >= 0.3 is 0 Å². The van der Waals surface area contributed by atoms with Crippen LogP contribution in [-0.2, 0) is 0 Å². The standard InChI is InChI=1S/C11H15N5S/c1-13-11(17-8-12)15-14-9-4-6-10(7-5-9)16(2)3/h4-8,12H,1-3H3. The molecule has 5 nitrogen and oxygen atoms in total. The third kappa shape index (κ3) is 4.36. The van der Waals surface area contributed by atoms with Crippen LogP contribution in [0, 0.1) is 5.41 Å². The van der Waals surface area contributed by atoms with Gasteiger partial charge < -0.3 is 10.3 Å². The molecule has 0 aliphatic rings. The van der Waals surface area contributed by atoms with Crippen molar-refractivity contribution in [3.63, 3.8) is 0 Å². The van der Waals surface area contributed by atoms with Crippen LogP contribution in [0.2, 0.25) is 0 Å². The molecule has 1 aromatic carbocycles. The van der Waals surface area contributed by atoms with E-state index in [9.17, 15) is 0 Å². The molecule has 0 spiro atoms. The van der Waals surface area contributed by atoms with E-state index in [1.807, 2.05) is 43.3 Å². The van der Waals surface area contributed by atoms with E-state index in [-0.39, 0.29) is 0 Å². The third-order valence-corrected chi connectivity index (χ3v) is 2.57. The average Bonchev–Trinajstić information content (AvgIpc) is 2.35. The quantitative estimate of drug-likeness (QED) is 0.508. The van der Waals surface area contributed by atoms with E-state index >= 15 is 0 Å². The third-order valence-electron chi connectivity index (χ3n) is 1.97. The molecule has 1 aromatic rings. The molecule has 17 heavy (non-hydrogen) atoms. The molecule has 0 bridgehead atoms. The summed E-state index contributed by atoms with van der Waals surface area (Å²) in [5, 5.41) is 15.4. The Hall–Kier alpha value is -1.69. The molecule has 0 aliphatic carbocycles. The molecule has 0 amide bonds. The number of hydrogen-bond donors (Lipinski definition) is 1. The van der Waals surface area contributed by atoms with E-state index in [0.717, 1.165) is 23.1 Å². The molecule has 6 heteroatoms. The zero-order valence-corrected chi connectivity index (χ0v) is 10.9. The number of nitrogens with one attached hydrogen (secondary N) is 1. The molecule has 0 unspecified atom stereocenters. The molecule has 90 valence electrons. The number of azo groups is 1. The van der Waals surface area contributed by atoms with Gasteiger partial charge in [0, 0.05) is 26.8 Å². The Labute approximate surface area is 105 Å². The topological polar surface area (TPSA) is 64.2 Å². The second-order valence-corrected chi connectivity index (χ2v) is 4.19. The van der Waals surface area contributed by atoms with E-state index < -0.39 is 0 Å².